The van der Waals surface area contributed by atoms with Gasteiger partial charge in [0.05, 0.1) is 0 Å². The minimum atomic E-state index is -0.149. The molecule has 1 aromatic carbocycles. The fourth-order valence-corrected chi connectivity index (χ4v) is 5.32. The van der Waals surface area contributed by atoms with Crippen molar-refractivity contribution in [2.24, 2.45) is 17.8 Å². The van der Waals surface area contributed by atoms with E-state index >= 15 is 0 Å². The molecule has 0 amide bonds. The molecule has 2 aliphatic rings. The maximum atomic E-state index is 11.5. The van der Waals surface area contributed by atoms with E-state index in [-0.39, 0.29) is 5.97 Å². The highest BCUT2D eigenvalue weighted by atomic mass is 16.5. The first-order chi connectivity index (χ1) is 12.7. The average Bonchev–Trinajstić information content (AvgIpc) is 2.69. The van der Waals surface area contributed by atoms with E-state index < -0.39 is 0 Å². The van der Waals surface area contributed by atoms with Gasteiger partial charge >= 0.3 is 5.97 Å². The quantitative estimate of drug-likeness (QED) is 0.410. The van der Waals surface area contributed by atoms with Gasteiger partial charge in [-0.2, -0.15) is 0 Å². The third-order valence-electron chi connectivity index (χ3n) is 6.88. The molecule has 2 aliphatic carbocycles. The van der Waals surface area contributed by atoms with E-state index in [1.807, 2.05) is 19.1 Å². The Kier molecular flexibility index (Phi) is 7.16. The molecule has 0 saturated heterocycles. The highest BCUT2D eigenvalue weighted by Crippen LogP contribution is 2.44. The lowest BCUT2D eigenvalue weighted by Gasteiger charge is -2.38. The second-order valence-electron chi connectivity index (χ2n) is 8.58. The van der Waals surface area contributed by atoms with Crippen molar-refractivity contribution < 1.29 is 9.53 Å². The van der Waals surface area contributed by atoms with Crippen LogP contribution < -0.4 is 4.74 Å². The molecule has 0 bridgehead atoms. The average molecular weight is 357 g/mol. The second-order valence-corrected chi connectivity index (χ2v) is 8.58. The molecule has 26 heavy (non-hydrogen) atoms. The summed E-state index contributed by atoms with van der Waals surface area (Å²) < 4.78 is 5.40. The highest BCUT2D eigenvalue weighted by molar-refractivity contribution is 5.71. The Labute approximate surface area is 159 Å². The lowest BCUT2D eigenvalue weighted by Crippen LogP contribution is -2.25. The lowest BCUT2D eigenvalue weighted by atomic mass is 9.68. The van der Waals surface area contributed by atoms with E-state index in [0.717, 1.165) is 17.8 Å². The molecule has 0 heterocycles. The maximum Gasteiger partial charge on any atom is 0.310 e. The zero-order valence-electron chi connectivity index (χ0n) is 16.7. The number of hydrogen-bond acceptors (Lipinski definition) is 2. The topological polar surface area (TPSA) is 26.3 Å². The van der Waals surface area contributed by atoms with Crippen LogP contribution in [0, 0.1) is 17.8 Å². The molecule has 0 spiro atoms. The number of carbonyl (C=O) groups is 1. The molecule has 2 heteroatoms. The molecular formula is C24H36O2. The van der Waals surface area contributed by atoms with E-state index in [2.05, 4.69) is 19.1 Å². The van der Waals surface area contributed by atoms with E-state index in [0.29, 0.717) is 18.1 Å². The van der Waals surface area contributed by atoms with Crippen LogP contribution in [0.3, 0.4) is 0 Å². The Balaban J connectivity index is 1.49. The molecule has 1 aromatic rings. The summed E-state index contributed by atoms with van der Waals surface area (Å²) in [5.74, 6) is 4.16. The van der Waals surface area contributed by atoms with Gasteiger partial charge in [-0.25, -0.2) is 0 Å². The van der Waals surface area contributed by atoms with Gasteiger partial charge in [0.15, 0.2) is 0 Å². The molecule has 144 valence electrons. The standard InChI is InChI=1S/C24H36O2/c1-3-6-18-9-11-19(12-10-18)20-13-15-21(16-14-20)22-7-5-8-23(17-22)26-24(25)4-2/h5,7-8,17-21H,3-4,6,9-16H2,1-2H3. The normalized spacial score (nSPS) is 29.3. The van der Waals surface area contributed by atoms with Crippen LogP contribution in [0.25, 0.3) is 0 Å². The zero-order valence-corrected chi connectivity index (χ0v) is 16.7. The van der Waals surface area contributed by atoms with Crippen molar-refractivity contribution in [3.8, 4) is 5.75 Å². The first-order valence-electron chi connectivity index (χ1n) is 11.0. The smallest absolute Gasteiger partial charge is 0.310 e. The fraction of sp³-hybridized carbons (Fsp3) is 0.708. The molecule has 2 saturated carbocycles. The molecule has 0 unspecified atom stereocenters. The molecule has 0 radical (unpaired) electrons. The Morgan fingerprint density at radius 1 is 0.962 bits per heavy atom. The number of benzene rings is 1. The van der Waals surface area contributed by atoms with Crippen molar-refractivity contribution in [1.82, 2.24) is 0 Å². The molecule has 2 fully saturated rings. The van der Waals surface area contributed by atoms with Crippen molar-refractivity contribution in [2.75, 3.05) is 0 Å². The van der Waals surface area contributed by atoms with Gasteiger partial charge in [0.25, 0.3) is 0 Å². The van der Waals surface area contributed by atoms with Gasteiger partial charge in [0.1, 0.15) is 5.75 Å². The summed E-state index contributed by atoms with van der Waals surface area (Å²) in [4.78, 5) is 11.5. The summed E-state index contributed by atoms with van der Waals surface area (Å²) in [7, 11) is 0. The summed E-state index contributed by atoms with van der Waals surface area (Å²) in [5, 5.41) is 0. The first kappa shape index (κ1) is 19.5. The number of esters is 1. The third kappa shape index (κ3) is 5.11. The Morgan fingerprint density at radius 2 is 1.62 bits per heavy atom. The maximum absolute atomic E-state index is 11.5. The van der Waals surface area contributed by atoms with Crippen LogP contribution in [-0.2, 0) is 4.79 Å². The van der Waals surface area contributed by atoms with Crippen molar-refractivity contribution in [2.45, 2.75) is 90.4 Å². The number of hydrogen-bond donors (Lipinski definition) is 0. The van der Waals surface area contributed by atoms with Crippen LogP contribution >= 0.6 is 0 Å². The predicted octanol–water partition coefficient (Wildman–Crippen LogP) is 6.88. The van der Waals surface area contributed by atoms with Crippen molar-refractivity contribution in [1.29, 1.82) is 0 Å². The molecule has 0 aromatic heterocycles. The van der Waals surface area contributed by atoms with Crippen molar-refractivity contribution >= 4 is 5.97 Å². The molecular weight excluding hydrogens is 320 g/mol. The summed E-state index contributed by atoms with van der Waals surface area (Å²) in [5.41, 5.74) is 1.36. The number of carbonyl (C=O) groups excluding carboxylic acids is 1. The van der Waals surface area contributed by atoms with Crippen molar-refractivity contribution in [3.63, 3.8) is 0 Å². The molecule has 0 atom stereocenters. The molecule has 0 aliphatic heterocycles. The minimum absolute atomic E-state index is 0.149. The van der Waals surface area contributed by atoms with Gasteiger partial charge in [0.2, 0.25) is 0 Å². The Morgan fingerprint density at radius 3 is 2.23 bits per heavy atom. The summed E-state index contributed by atoms with van der Waals surface area (Å²) in [6.07, 6.45) is 14.5. The third-order valence-corrected chi connectivity index (χ3v) is 6.88. The summed E-state index contributed by atoms with van der Waals surface area (Å²) >= 11 is 0. The fourth-order valence-electron chi connectivity index (χ4n) is 5.32. The van der Waals surface area contributed by atoms with Crippen LogP contribution in [0.5, 0.6) is 5.75 Å². The van der Waals surface area contributed by atoms with E-state index in [9.17, 15) is 4.79 Å². The summed E-state index contributed by atoms with van der Waals surface area (Å²) in [6, 6.07) is 8.24. The highest BCUT2D eigenvalue weighted by Gasteiger charge is 2.31. The monoisotopic (exact) mass is 356 g/mol. The van der Waals surface area contributed by atoms with Crippen LogP contribution in [0.2, 0.25) is 0 Å². The van der Waals surface area contributed by atoms with Crippen LogP contribution in [0.4, 0.5) is 0 Å². The van der Waals surface area contributed by atoms with Crippen LogP contribution in [0.15, 0.2) is 24.3 Å². The van der Waals surface area contributed by atoms with Crippen LogP contribution in [0.1, 0.15) is 96.0 Å². The number of ether oxygens (including phenoxy) is 1. The Hall–Kier alpha value is -1.31. The van der Waals surface area contributed by atoms with Crippen molar-refractivity contribution in [3.05, 3.63) is 29.8 Å². The molecule has 0 N–H and O–H groups in total. The first-order valence-corrected chi connectivity index (χ1v) is 11.0. The lowest BCUT2D eigenvalue weighted by molar-refractivity contribution is -0.134. The van der Waals surface area contributed by atoms with E-state index in [1.54, 1.807) is 0 Å². The molecule has 3 rings (SSSR count). The zero-order chi connectivity index (χ0) is 18.4. The molecule has 2 nitrogen and oxygen atoms in total. The van der Waals surface area contributed by atoms with Gasteiger partial charge in [0, 0.05) is 6.42 Å². The van der Waals surface area contributed by atoms with Gasteiger partial charge in [-0.1, -0.05) is 51.7 Å². The van der Waals surface area contributed by atoms with Crippen LogP contribution in [-0.4, -0.2) is 5.97 Å². The van der Waals surface area contributed by atoms with Gasteiger partial charge < -0.3 is 4.74 Å². The number of rotatable bonds is 6. The summed E-state index contributed by atoms with van der Waals surface area (Å²) in [6.45, 7) is 4.16. The van der Waals surface area contributed by atoms with Gasteiger partial charge in [-0.3, -0.25) is 4.79 Å². The largest absolute Gasteiger partial charge is 0.427 e. The second kappa shape index (κ2) is 9.58. The Bertz CT molecular complexity index is 563. The minimum Gasteiger partial charge on any atom is -0.427 e. The van der Waals surface area contributed by atoms with E-state index in [1.165, 1.54) is 69.8 Å². The predicted molar refractivity (Wildman–Crippen MR) is 107 cm³/mol. The SMILES string of the molecule is CCCC1CCC(C2CCC(c3cccc(OC(=O)CC)c3)CC2)CC1. The van der Waals surface area contributed by atoms with E-state index in [4.69, 9.17) is 4.74 Å². The van der Waals surface area contributed by atoms with Gasteiger partial charge in [-0.15, -0.1) is 0 Å². The van der Waals surface area contributed by atoms with Gasteiger partial charge in [-0.05, 0) is 79.9 Å².